The Labute approximate surface area is 98.2 Å². The lowest BCUT2D eigenvalue weighted by Gasteiger charge is -2.22. The third kappa shape index (κ3) is 2.24. The minimum absolute atomic E-state index is 0.196. The number of halogens is 1. The van der Waals surface area contributed by atoms with Crippen molar-refractivity contribution in [1.29, 1.82) is 0 Å². The van der Waals surface area contributed by atoms with E-state index < -0.39 is 0 Å². The largest absolute Gasteiger partial charge is 0.461 e. The Morgan fingerprint density at radius 2 is 2.12 bits per heavy atom. The van der Waals surface area contributed by atoms with Crippen LogP contribution in [-0.4, -0.2) is 29.2 Å². The SMILES string of the molecule is Fc1ccc2nc(OC3CCNCC3)[nH]c2c1. The van der Waals surface area contributed by atoms with Gasteiger partial charge in [-0.3, -0.25) is 0 Å². The number of piperidine rings is 1. The fourth-order valence-corrected chi connectivity index (χ4v) is 2.09. The number of H-pyrrole nitrogens is 1. The van der Waals surface area contributed by atoms with Crippen LogP contribution >= 0.6 is 0 Å². The van der Waals surface area contributed by atoms with Crippen molar-refractivity contribution in [3.05, 3.63) is 24.0 Å². The number of aromatic amines is 1. The maximum atomic E-state index is 13.0. The molecule has 90 valence electrons. The molecule has 1 aliphatic rings. The number of ether oxygens (including phenoxy) is 1. The van der Waals surface area contributed by atoms with Crippen LogP contribution in [0, 0.1) is 5.82 Å². The van der Waals surface area contributed by atoms with E-state index in [1.165, 1.54) is 12.1 Å². The summed E-state index contributed by atoms with van der Waals surface area (Å²) >= 11 is 0. The molecule has 0 bridgehead atoms. The van der Waals surface area contributed by atoms with Crippen LogP contribution in [0.2, 0.25) is 0 Å². The molecule has 17 heavy (non-hydrogen) atoms. The number of fused-ring (bicyclic) bond motifs is 1. The zero-order valence-electron chi connectivity index (χ0n) is 9.37. The Morgan fingerprint density at radius 1 is 1.29 bits per heavy atom. The summed E-state index contributed by atoms with van der Waals surface area (Å²) in [7, 11) is 0. The van der Waals surface area contributed by atoms with Crippen molar-refractivity contribution >= 4 is 11.0 Å². The molecule has 5 heteroatoms. The van der Waals surface area contributed by atoms with Gasteiger partial charge in [0.05, 0.1) is 11.0 Å². The molecular weight excluding hydrogens is 221 g/mol. The topological polar surface area (TPSA) is 49.9 Å². The predicted octanol–water partition coefficient (Wildman–Crippen LogP) is 1.83. The summed E-state index contributed by atoms with van der Waals surface area (Å²) in [6.07, 6.45) is 2.15. The summed E-state index contributed by atoms with van der Waals surface area (Å²) in [6, 6.07) is 4.96. The second-order valence-electron chi connectivity index (χ2n) is 4.27. The molecule has 3 rings (SSSR count). The molecule has 2 heterocycles. The lowest BCUT2D eigenvalue weighted by atomic mass is 10.1. The highest BCUT2D eigenvalue weighted by Crippen LogP contribution is 2.19. The van der Waals surface area contributed by atoms with Gasteiger partial charge in [0.2, 0.25) is 0 Å². The van der Waals surface area contributed by atoms with Gasteiger partial charge in [-0.15, -0.1) is 0 Å². The molecule has 2 aromatic rings. The summed E-state index contributed by atoms with van der Waals surface area (Å²) in [6.45, 7) is 1.94. The molecule has 0 saturated carbocycles. The minimum atomic E-state index is -0.269. The van der Waals surface area contributed by atoms with Crippen molar-refractivity contribution in [2.45, 2.75) is 18.9 Å². The van der Waals surface area contributed by atoms with Crippen molar-refractivity contribution < 1.29 is 9.13 Å². The molecule has 0 radical (unpaired) electrons. The molecule has 1 aliphatic heterocycles. The number of nitrogens with one attached hydrogen (secondary N) is 2. The molecule has 0 aliphatic carbocycles. The van der Waals surface area contributed by atoms with E-state index in [2.05, 4.69) is 15.3 Å². The average molecular weight is 235 g/mol. The number of hydrogen-bond acceptors (Lipinski definition) is 3. The van der Waals surface area contributed by atoms with E-state index in [-0.39, 0.29) is 11.9 Å². The van der Waals surface area contributed by atoms with E-state index in [9.17, 15) is 4.39 Å². The van der Waals surface area contributed by atoms with Crippen LogP contribution in [0.1, 0.15) is 12.8 Å². The van der Waals surface area contributed by atoms with Crippen LogP contribution in [0.4, 0.5) is 4.39 Å². The lowest BCUT2D eigenvalue weighted by Crippen LogP contribution is -2.34. The molecule has 0 atom stereocenters. The highest BCUT2D eigenvalue weighted by Gasteiger charge is 2.16. The molecule has 1 saturated heterocycles. The van der Waals surface area contributed by atoms with Gasteiger partial charge >= 0.3 is 0 Å². The molecular formula is C12H14FN3O. The van der Waals surface area contributed by atoms with E-state index >= 15 is 0 Å². The predicted molar refractivity (Wildman–Crippen MR) is 62.6 cm³/mol. The van der Waals surface area contributed by atoms with Gasteiger partial charge in [-0.2, -0.15) is 4.98 Å². The molecule has 1 aromatic carbocycles. The highest BCUT2D eigenvalue weighted by atomic mass is 19.1. The fourth-order valence-electron chi connectivity index (χ4n) is 2.09. The summed E-state index contributed by atoms with van der Waals surface area (Å²) in [5.41, 5.74) is 1.41. The molecule has 0 unspecified atom stereocenters. The maximum Gasteiger partial charge on any atom is 0.294 e. The van der Waals surface area contributed by atoms with E-state index in [0.717, 1.165) is 31.4 Å². The van der Waals surface area contributed by atoms with Crippen LogP contribution in [0.5, 0.6) is 6.01 Å². The van der Waals surface area contributed by atoms with E-state index in [1.807, 2.05) is 0 Å². The van der Waals surface area contributed by atoms with Gasteiger partial charge in [-0.05, 0) is 44.1 Å². The normalized spacial score (nSPS) is 17.5. The van der Waals surface area contributed by atoms with E-state index in [1.54, 1.807) is 6.07 Å². The standard InChI is InChI=1S/C12H14FN3O/c13-8-1-2-10-11(7-8)16-12(15-10)17-9-3-5-14-6-4-9/h1-2,7,9,14H,3-6H2,(H,15,16). The van der Waals surface area contributed by atoms with Gasteiger partial charge in [0, 0.05) is 0 Å². The van der Waals surface area contributed by atoms with Gasteiger partial charge in [-0.25, -0.2) is 4.39 Å². The molecule has 1 fully saturated rings. The van der Waals surface area contributed by atoms with Crippen LogP contribution in [-0.2, 0) is 0 Å². The molecule has 4 nitrogen and oxygen atoms in total. The van der Waals surface area contributed by atoms with Crippen molar-refractivity contribution in [3.8, 4) is 6.01 Å². The van der Waals surface area contributed by atoms with Gasteiger partial charge in [0.1, 0.15) is 11.9 Å². The molecule has 0 spiro atoms. The molecule has 2 N–H and O–H groups in total. The number of nitrogens with zero attached hydrogens (tertiary/aromatic N) is 1. The first-order valence-corrected chi connectivity index (χ1v) is 5.84. The Bertz CT molecular complexity index is 519. The third-order valence-corrected chi connectivity index (χ3v) is 2.99. The number of rotatable bonds is 2. The Balaban J connectivity index is 1.80. The van der Waals surface area contributed by atoms with E-state index in [4.69, 9.17) is 4.74 Å². The summed E-state index contributed by atoms with van der Waals surface area (Å²) in [5, 5.41) is 3.27. The molecule has 1 aromatic heterocycles. The van der Waals surface area contributed by atoms with Gasteiger partial charge in [-0.1, -0.05) is 0 Å². The van der Waals surface area contributed by atoms with Crippen LogP contribution < -0.4 is 10.1 Å². The quantitative estimate of drug-likeness (QED) is 0.835. The number of aromatic nitrogens is 2. The number of hydrogen-bond donors (Lipinski definition) is 2. The average Bonchev–Trinajstić information content (AvgIpc) is 2.71. The lowest BCUT2D eigenvalue weighted by molar-refractivity contribution is 0.151. The maximum absolute atomic E-state index is 13.0. The monoisotopic (exact) mass is 235 g/mol. The first-order valence-electron chi connectivity index (χ1n) is 5.84. The first kappa shape index (κ1) is 10.5. The second kappa shape index (κ2) is 4.33. The first-order chi connectivity index (χ1) is 8.31. The van der Waals surface area contributed by atoms with E-state index in [0.29, 0.717) is 11.5 Å². The van der Waals surface area contributed by atoms with Gasteiger partial charge < -0.3 is 15.0 Å². The van der Waals surface area contributed by atoms with Crippen molar-refractivity contribution in [2.24, 2.45) is 0 Å². The Morgan fingerprint density at radius 3 is 2.94 bits per heavy atom. The fraction of sp³-hybridized carbons (Fsp3) is 0.417. The van der Waals surface area contributed by atoms with Crippen molar-refractivity contribution in [1.82, 2.24) is 15.3 Å². The summed E-state index contributed by atoms with van der Waals surface area (Å²) in [4.78, 5) is 7.27. The van der Waals surface area contributed by atoms with Crippen LogP contribution in [0.25, 0.3) is 11.0 Å². The summed E-state index contributed by atoms with van der Waals surface area (Å²) < 4.78 is 18.8. The zero-order valence-corrected chi connectivity index (χ0v) is 9.37. The Hall–Kier alpha value is -1.62. The summed E-state index contributed by atoms with van der Waals surface area (Å²) in [5.74, 6) is -0.269. The minimum Gasteiger partial charge on any atom is -0.461 e. The second-order valence-corrected chi connectivity index (χ2v) is 4.27. The number of benzene rings is 1. The Kier molecular flexibility index (Phi) is 2.68. The highest BCUT2D eigenvalue weighted by molar-refractivity contribution is 5.75. The number of imidazole rings is 1. The zero-order chi connectivity index (χ0) is 11.7. The van der Waals surface area contributed by atoms with Gasteiger partial charge in [0.15, 0.2) is 0 Å². The van der Waals surface area contributed by atoms with Crippen LogP contribution in [0.3, 0.4) is 0 Å². The molecule has 0 amide bonds. The third-order valence-electron chi connectivity index (χ3n) is 2.99. The van der Waals surface area contributed by atoms with Crippen LogP contribution in [0.15, 0.2) is 18.2 Å². The van der Waals surface area contributed by atoms with Gasteiger partial charge in [0.25, 0.3) is 6.01 Å². The van der Waals surface area contributed by atoms with Crippen molar-refractivity contribution in [3.63, 3.8) is 0 Å². The van der Waals surface area contributed by atoms with Crippen molar-refractivity contribution in [2.75, 3.05) is 13.1 Å². The smallest absolute Gasteiger partial charge is 0.294 e.